The molecule has 2 unspecified atom stereocenters. The summed E-state index contributed by atoms with van der Waals surface area (Å²) < 4.78 is 55.0. The first-order chi connectivity index (χ1) is 18.6. The minimum atomic E-state index is -4.38. The second-order valence-corrected chi connectivity index (χ2v) is 12.6. The fourth-order valence-corrected chi connectivity index (χ4v) is 7.07. The summed E-state index contributed by atoms with van der Waals surface area (Å²) in [5.74, 6) is 0.865. The molecule has 5 nitrogen and oxygen atoms in total. The van der Waals surface area contributed by atoms with Crippen LogP contribution in [-0.4, -0.2) is 46.6 Å². The van der Waals surface area contributed by atoms with Crippen molar-refractivity contribution in [3.63, 3.8) is 0 Å². The number of esters is 1. The molecular formula is C30H32AsF3O5. The van der Waals surface area contributed by atoms with Gasteiger partial charge < -0.3 is 4.74 Å². The van der Waals surface area contributed by atoms with Gasteiger partial charge in [-0.3, -0.25) is 0 Å². The van der Waals surface area contributed by atoms with Crippen LogP contribution in [0.5, 0.6) is 11.5 Å². The number of halogens is 3. The Kier molecular flexibility index (Phi) is 11.0. The maximum atomic E-state index is 12.9. The van der Waals surface area contributed by atoms with E-state index in [-0.39, 0.29) is 15.9 Å². The van der Waals surface area contributed by atoms with Crippen LogP contribution in [0.25, 0.3) is 0 Å². The standard InChI is InChI=1S/C30H32AsF3O5/c1-20(2)18-26(22-10-12-23(13-11-22)30(32,33)34)31-28(35)19-39-24-14-8-21(9-15-24)16-17-38-27-7-5-4-6-25(27)29(36)37-3/h4-15,20,26,31H,16-19H2,1-3H3. The maximum absolute atomic E-state index is 12.9. The topological polar surface area (TPSA) is 61.8 Å². The number of alkyl halides is 3. The van der Waals surface area contributed by atoms with Gasteiger partial charge in [-0.1, -0.05) is 12.1 Å². The number of ether oxygens (including phenoxy) is 3. The van der Waals surface area contributed by atoms with Crippen LogP contribution in [0.1, 0.15) is 52.0 Å². The van der Waals surface area contributed by atoms with Crippen molar-refractivity contribution in [2.45, 2.75) is 37.6 Å². The molecular weight excluding hydrogens is 572 g/mol. The molecule has 3 aromatic carbocycles. The number of methoxy groups -OCH3 is 1. The number of carbonyl (C=O) groups is 2. The van der Waals surface area contributed by atoms with Gasteiger partial charge in [0.2, 0.25) is 0 Å². The molecule has 0 aliphatic rings. The molecule has 0 amide bonds. The predicted octanol–water partition coefficient (Wildman–Crippen LogP) is 6.24. The summed E-state index contributed by atoms with van der Waals surface area (Å²) in [4.78, 5) is 24.6. The molecule has 0 saturated carbocycles. The molecule has 0 spiro atoms. The van der Waals surface area contributed by atoms with Crippen LogP contribution in [0.3, 0.4) is 0 Å². The molecule has 208 valence electrons. The van der Waals surface area contributed by atoms with Crippen molar-refractivity contribution in [2.24, 2.45) is 5.92 Å². The summed E-state index contributed by atoms with van der Waals surface area (Å²) in [6.45, 7) is 4.37. The number of para-hydroxylation sites is 1. The number of hydrogen-bond donors (Lipinski definition) is 0. The van der Waals surface area contributed by atoms with Crippen molar-refractivity contribution in [1.29, 1.82) is 0 Å². The van der Waals surface area contributed by atoms with Crippen LogP contribution in [0, 0.1) is 5.92 Å². The minimum absolute atomic E-state index is 0.00213. The van der Waals surface area contributed by atoms with Gasteiger partial charge in [0.1, 0.15) is 0 Å². The zero-order chi connectivity index (χ0) is 28.4. The van der Waals surface area contributed by atoms with Gasteiger partial charge in [-0.25, -0.2) is 4.79 Å². The van der Waals surface area contributed by atoms with E-state index in [0.29, 0.717) is 36.0 Å². The summed E-state index contributed by atoms with van der Waals surface area (Å²) in [6.07, 6.45) is -3.05. The first kappa shape index (κ1) is 30.3. The number of rotatable bonds is 13. The Balaban J connectivity index is 1.50. The average Bonchev–Trinajstić information content (AvgIpc) is 2.91. The van der Waals surface area contributed by atoms with Crippen molar-refractivity contribution < 1.29 is 37.0 Å². The molecule has 0 heterocycles. The average molecular weight is 604 g/mol. The van der Waals surface area contributed by atoms with Gasteiger partial charge in [-0.2, -0.15) is 0 Å². The number of benzene rings is 3. The zero-order valence-electron chi connectivity index (χ0n) is 22.1. The zero-order valence-corrected chi connectivity index (χ0v) is 24.2. The third-order valence-corrected chi connectivity index (χ3v) is 8.82. The molecule has 39 heavy (non-hydrogen) atoms. The molecule has 0 bridgehead atoms. The van der Waals surface area contributed by atoms with E-state index >= 15 is 0 Å². The van der Waals surface area contributed by atoms with Crippen LogP contribution in [0.4, 0.5) is 13.2 Å². The number of carbonyl (C=O) groups excluding carboxylic acids is 2. The van der Waals surface area contributed by atoms with E-state index in [0.717, 1.165) is 29.7 Å². The molecule has 0 fully saturated rings. The Labute approximate surface area is 233 Å². The van der Waals surface area contributed by atoms with Gasteiger partial charge in [-0.05, 0) is 6.07 Å². The molecule has 3 rings (SSSR count). The Morgan fingerprint density at radius 2 is 1.56 bits per heavy atom. The third-order valence-electron chi connectivity index (χ3n) is 5.92. The monoisotopic (exact) mass is 604 g/mol. The SMILES string of the molecule is COC(=O)c1ccccc1OCCc1ccc(OCC(=O)[AsH]C(CC(C)C)c2ccc(C(F)(F)F)cc2)cc1. The molecule has 0 aliphatic carbocycles. The van der Waals surface area contributed by atoms with E-state index in [4.69, 9.17) is 14.2 Å². The van der Waals surface area contributed by atoms with Crippen LogP contribution in [-0.2, 0) is 22.1 Å². The quantitative estimate of drug-likeness (QED) is 0.171. The summed E-state index contributed by atoms with van der Waals surface area (Å²) in [6, 6.07) is 19.4. The van der Waals surface area contributed by atoms with Gasteiger partial charge in [0, 0.05) is 0 Å². The molecule has 0 aliphatic heterocycles. The second kappa shape index (κ2) is 14.2. The van der Waals surface area contributed by atoms with Crippen molar-refractivity contribution in [3.8, 4) is 11.5 Å². The van der Waals surface area contributed by atoms with Gasteiger partial charge in [0.25, 0.3) is 0 Å². The van der Waals surface area contributed by atoms with Crippen LogP contribution >= 0.6 is 0 Å². The summed E-state index contributed by atoms with van der Waals surface area (Å²) in [5, 5.41) is 0. The predicted molar refractivity (Wildman–Crippen MR) is 145 cm³/mol. The third kappa shape index (κ3) is 9.46. The van der Waals surface area contributed by atoms with Crippen molar-refractivity contribution >= 4 is 26.3 Å². The Bertz CT molecular complexity index is 1220. The molecule has 9 heteroatoms. The molecule has 0 N–H and O–H groups in total. The molecule has 0 saturated heterocycles. The summed E-state index contributed by atoms with van der Waals surface area (Å²) in [7, 11) is 1.32. The van der Waals surface area contributed by atoms with Gasteiger partial charge >= 0.3 is 199 Å². The Morgan fingerprint density at radius 1 is 0.897 bits per heavy atom. The molecule has 3 aromatic rings. The van der Waals surface area contributed by atoms with Crippen LogP contribution in [0.15, 0.2) is 72.8 Å². The molecule has 2 atom stereocenters. The van der Waals surface area contributed by atoms with E-state index in [1.165, 1.54) is 19.2 Å². The van der Waals surface area contributed by atoms with E-state index in [1.54, 1.807) is 36.4 Å². The number of hydrogen-bond acceptors (Lipinski definition) is 5. The Morgan fingerprint density at radius 3 is 2.18 bits per heavy atom. The van der Waals surface area contributed by atoms with Crippen LogP contribution in [0.2, 0.25) is 0 Å². The fraction of sp³-hybridized carbons (Fsp3) is 0.333. The van der Waals surface area contributed by atoms with Gasteiger partial charge in [0.05, 0.1) is 7.11 Å². The van der Waals surface area contributed by atoms with Crippen molar-refractivity contribution in [2.75, 3.05) is 20.3 Å². The van der Waals surface area contributed by atoms with Crippen molar-refractivity contribution in [3.05, 3.63) is 95.1 Å². The first-order valence-electron chi connectivity index (χ1n) is 12.5. The van der Waals surface area contributed by atoms with E-state index < -0.39 is 33.5 Å². The first-order valence-corrected chi connectivity index (χ1v) is 14.8. The Hall–Kier alpha value is -3.25. The van der Waals surface area contributed by atoms with Crippen LogP contribution < -0.4 is 9.47 Å². The summed E-state index contributed by atoms with van der Waals surface area (Å²) >= 11 is -1.16. The van der Waals surface area contributed by atoms with E-state index in [1.807, 2.05) is 26.0 Å². The van der Waals surface area contributed by atoms with E-state index in [2.05, 4.69) is 0 Å². The van der Waals surface area contributed by atoms with E-state index in [9.17, 15) is 22.8 Å². The van der Waals surface area contributed by atoms with Crippen molar-refractivity contribution in [1.82, 2.24) is 0 Å². The van der Waals surface area contributed by atoms with Gasteiger partial charge in [0.15, 0.2) is 0 Å². The summed E-state index contributed by atoms with van der Waals surface area (Å²) in [5.41, 5.74) is 1.44. The fourth-order valence-electron chi connectivity index (χ4n) is 3.94. The van der Waals surface area contributed by atoms with Gasteiger partial charge in [-0.15, -0.1) is 0 Å². The normalized spacial score (nSPS) is 12.5. The second-order valence-electron chi connectivity index (χ2n) is 9.39. The molecule has 0 radical (unpaired) electrons. The molecule has 0 aromatic heterocycles.